The third-order valence-electron chi connectivity index (χ3n) is 1.61. The van der Waals surface area contributed by atoms with Gasteiger partial charge in [-0.15, -0.1) is 0 Å². The number of rotatable bonds is 3. The fourth-order valence-electron chi connectivity index (χ4n) is 0.901. The summed E-state index contributed by atoms with van der Waals surface area (Å²) >= 11 is 0. The first-order chi connectivity index (χ1) is 8.80. The molecule has 2 aromatic rings. The van der Waals surface area contributed by atoms with E-state index in [9.17, 15) is 14.0 Å². The molecule has 0 aliphatic rings. The van der Waals surface area contributed by atoms with E-state index in [-0.39, 0.29) is 12.4 Å². The summed E-state index contributed by atoms with van der Waals surface area (Å²) in [5.41, 5.74) is 0. The molecule has 1 N–H and O–H groups in total. The summed E-state index contributed by atoms with van der Waals surface area (Å²) in [4.78, 5) is 19.7. The minimum atomic E-state index is -0.159. The van der Waals surface area contributed by atoms with Crippen molar-refractivity contribution in [3.8, 4) is 0 Å². The normalized spacial score (nSPS) is 8.39. The van der Waals surface area contributed by atoms with Gasteiger partial charge in [-0.05, 0) is 24.3 Å². The van der Waals surface area contributed by atoms with Crippen LogP contribution in [0.15, 0.2) is 39.4 Å². The number of hydrogen-bond donors (Lipinski definition) is 1. The first-order valence-corrected chi connectivity index (χ1v) is 4.81. The number of carbonyl (C=O) groups is 2. The highest BCUT2D eigenvalue weighted by molar-refractivity contribution is 5.70. The number of aliphatic hydroxyl groups excluding tert-OH is 1. The highest BCUT2D eigenvalue weighted by Gasteiger charge is 1.96. The van der Waals surface area contributed by atoms with Gasteiger partial charge in [-0.1, -0.05) is 0 Å². The molecule has 18 heavy (non-hydrogen) atoms. The zero-order chi connectivity index (χ0) is 13.8. The zero-order valence-corrected chi connectivity index (χ0v) is 9.71. The van der Waals surface area contributed by atoms with E-state index in [1.54, 1.807) is 18.2 Å². The molecule has 6 heteroatoms. The predicted molar refractivity (Wildman–Crippen MR) is 61.1 cm³/mol. The maximum absolute atomic E-state index is 9.96. The molecule has 0 saturated heterocycles. The standard InChI is InChI=1S/C6H6O3.C5H4O2.CH3F/c7-3-5-1-2-6(4-8)9-5;6-4-5-2-1-3-7-5;1-2/h1-3,8H,4H2;1-4H;1H3. The van der Waals surface area contributed by atoms with Gasteiger partial charge >= 0.3 is 0 Å². The third kappa shape index (κ3) is 5.76. The van der Waals surface area contributed by atoms with Gasteiger partial charge in [-0.3, -0.25) is 14.0 Å². The van der Waals surface area contributed by atoms with Crippen molar-refractivity contribution in [3.05, 3.63) is 47.8 Å². The number of carbonyl (C=O) groups excluding carboxylic acids is 2. The van der Waals surface area contributed by atoms with Crippen molar-refractivity contribution in [2.24, 2.45) is 0 Å². The SMILES string of the molecule is CF.O=Cc1ccc(CO)o1.O=Cc1ccco1. The summed E-state index contributed by atoms with van der Waals surface area (Å²) in [7, 11) is 0.500. The van der Waals surface area contributed by atoms with Crippen LogP contribution in [0.2, 0.25) is 0 Å². The van der Waals surface area contributed by atoms with Crippen LogP contribution in [0.5, 0.6) is 0 Å². The quantitative estimate of drug-likeness (QED) is 0.852. The Kier molecular flexibility index (Phi) is 8.75. The molecule has 2 rings (SSSR count). The van der Waals surface area contributed by atoms with E-state index in [0.717, 1.165) is 0 Å². The van der Waals surface area contributed by atoms with Crippen molar-refractivity contribution in [3.63, 3.8) is 0 Å². The number of aldehydes is 2. The Hall–Kier alpha value is -2.21. The largest absolute Gasteiger partial charge is 0.462 e. The maximum Gasteiger partial charge on any atom is 0.185 e. The average Bonchev–Trinajstić information content (AvgIpc) is 3.12. The Labute approximate surface area is 103 Å². The molecule has 0 spiro atoms. The zero-order valence-electron chi connectivity index (χ0n) is 9.71. The number of furan rings is 2. The van der Waals surface area contributed by atoms with Crippen LogP contribution < -0.4 is 0 Å². The van der Waals surface area contributed by atoms with E-state index in [1.807, 2.05) is 0 Å². The second-order valence-electron chi connectivity index (χ2n) is 2.71. The smallest absolute Gasteiger partial charge is 0.185 e. The first kappa shape index (κ1) is 15.8. The number of aliphatic hydroxyl groups is 1. The van der Waals surface area contributed by atoms with Gasteiger partial charge in [0.15, 0.2) is 24.1 Å². The first-order valence-electron chi connectivity index (χ1n) is 4.81. The number of alkyl halides is 1. The summed E-state index contributed by atoms with van der Waals surface area (Å²) in [6, 6.07) is 6.35. The highest BCUT2D eigenvalue weighted by Crippen LogP contribution is 2.03. The lowest BCUT2D eigenvalue weighted by atomic mass is 10.4. The van der Waals surface area contributed by atoms with Crippen LogP contribution in [0.3, 0.4) is 0 Å². The van der Waals surface area contributed by atoms with Crippen LogP contribution in [-0.4, -0.2) is 24.9 Å². The molecule has 0 bridgehead atoms. The van der Waals surface area contributed by atoms with Gasteiger partial charge < -0.3 is 13.9 Å². The lowest BCUT2D eigenvalue weighted by Gasteiger charge is -1.82. The van der Waals surface area contributed by atoms with Crippen molar-refractivity contribution >= 4 is 12.6 Å². The predicted octanol–water partition coefficient (Wildman–Crippen LogP) is 2.26. The van der Waals surface area contributed by atoms with Gasteiger partial charge in [0.1, 0.15) is 12.4 Å². The Balaban J connectivity index is 0.000000289. The third-order valence-corrected chi connectivity index (χ3v) is 1.61. The van der Waals surface area contributed by atoms with Crippen molar-refractivity contribution < 1.29 is 27.9 Å². The van der Waals surface area contributed by atoms with E-state index < -0.39 is 0 Å². The molecule has 0 unspecified atom stereocenters. The molecule has 98 valence electrons. The second kappa shape index (κ2) is 9.98. The lowest BCUT2D eigenvalue weighted by Crippen LogP contribution is -1.74. The molecule has 0 saturated carbocycles. The monoisotopic (exact) mass is 256 g/mol. The molecule has 0 aromatic carbocycles. The van der Waals surface area contributed by atoms with Gasteiger partial charge in [0, 0.05) is 0 Å². The molecule has 2 heterocycles. The van der Waals surface area contributed by atoms with Crippen LogP contribution in [0.1, 0.15) is 26.9 Å². The van der Waals surface area contributed by atoms with Crippen molar-refractivity contribution in [1.29, 1.82) is 0 Å². The van der Waals surface area contributed by atoms with Gasteiger partial charge in [-0.25, -0.2) is 0 Å². The molecule has 2 aromatic heterocycles. The van der Waals surface area contributed by atoms with Crippen LogP contribution in [0.4, 0.5) is 4.39 Å². The lowest BCUT2D eigenvalue weighted by molar-refractivity contribution is 0.109. The van der Waals surface area contributed by atoms with Crippen LogP contribution in [0, 0.1) is 0 Å². The second-order valence-corrected chi connectivity index (χ2v) is 2.71. The molecule has 0 aliphatic carbocycles. The molecule has 0 atom stereocenters. The maximum atomic E-state index is 9.96. The molecule has 0 aliphatic heterocycles. The summed E-state index contributed by atoms with van der Waals surface area (Å²) in [6.45, 7) is -0.159. The summed E-state index contributed by atoms with van der Waals surface area (Å²) in [5, 5.41) is 8.44. The van der Waals surface area contributed by atoms with E-state index in [1.165, 1.54) is 12.3 Å². The summed E-state index contributed by atoms with van der Waals surface area (Å²) in [5.74, 6) is 1.04. The van der Waals surface area contributed by atoms with E-state index in [2.05, 4.69) is 4.42 Å². The molecule has 0 fully saturated rings. The highest BCUT2D eigenvalue weighted by atomic mass is 19.1. The molecular formula is C12H13FO5. The molecule has 0 amide bonds. The molecule has 0 radical (unpaired) electrons. The molecular weight excluding hydrogens is 243 g/mol. The van der Waals surface area contributed by atoms with Crippen molar-refractivity contribution in [1.82, 2.24) is 0 Å². The van der Waals surface area contributed by atoms with Gasteiger partial charge in [0.2, 0.25) is 0 Å². The Bertz CT molecular complexity index is 433. The van der Waals surface area contributed by atoms with Crippen molar-refractivity contribution in [2.45, 2.75) is 6.61 Å². The van der Waals surface area contributed by atoms with Crippen molar-refractivity contribution in [2.75, 3.05) is 7.18 Å². The van der Waals surface area contributed by atoms with E-state index in [4.69, 9.17) is 9.52 Å². The summed E-state index contributed by atoms with van der Waals surface area (Å²) < 4.78 is 18.9. The Morgan fingerprint density at radius 3 is 2.11 bits per heavy atom. The Morgan fingerprint density at radius 2 is 1.83 bits per heavy atom. The minimum absolute atomic E-state index is 0.159. The molecule has 5 nitrogen and oxygen atoms in total. The van der Waals surface area contributed by atoms with Gasteiger partial charge in [-0.2, -0.15) is 0 Å². The van der Waals surface area contributed by atoms with Crippen LogP contribution >= 0.6 is 0 Å². The Morgan fingerprint density at radius 1 is 1.17 bits per heavy atom. The topological polar surface area (TPSA) is 80.6 Å². The average molecular weight is 256 g/mol. The fourth-order valence-corrected chi connectivity index (χ4v) is 0.901. The fraction of sp³-hybridized carbons (Fsp3) is 0.167. The number of hydrogen-bond acceptors (Lipinski definition) is 5. The summed E-state index contributed by atoms with van der Waals surface area (Å²) in [6.07, 6.45) is 2.73. The van der Waals surface area contributed by atoms with Crippen LogP contribution in [-0.2, 0) is 6.61 Å². The van der Waals surface area contributed by atoms with Crippen LogP contribution in [0.25, 0.3) is 0 Å². The minimum Gasteiger partial charge on any atom is -0.462 e. The number of halogens is 1. The van der Waals surface area contributed by atoms with Gasteiger partial charge in [0.05, 0.1) is 13.4 Å². The van der Waals surface area contributed by atoms with E-state index in [0.29, 0.717) is 31.3 Å². The van der Waals surface area contributed by atoms with E-state index >= 15 is 0 Å². The van der Waals surface area contributed by atoms with Gasteiger partial charge in [0.25, 0.3) is 0 Å².